The zero-order chi connectivity index (χ0) is 22.2. The third-order valence-corrected chi connectivity index (χ3v) is 5.64. The highest BCUT2D eigenvalue weighted by atomic mass is 16.2. The normalized spacial score (nSPS) is 14.5. The first kappa shape index (κ1) is 22.8. The number of rotatable bonds is 9. The van der Waals surface area contributed by atoms with Crippen molar-refractivity contribution in [1.82, 2.24) is 24.8 Å². The van der Waals surface area contributed by atoms with Crippen LogP contribution in [0.25, 0.3) is 0 Å². The van der Waals surface area contributed by atoms with Gasteiger partial charge in [-0.2, -0.15) is 0 Å². The number of carbonyl (C=O) groups is 2. The summed E-state index contributed by atoms with van der Waals surface area (Å²) in [4.78, 5) is 42.5. The van der Waals surface area contributed by atoms with Gasteiger partial charge >= 0.3 is 0 Å². The lowest BCUT2D eigenvalue weighted by molar-refractivity contribution is 0.0946. The molecule has 31 heavy (non-hydrogen) atoms. The highest BCUT2D eigenvalue weighted by Gasteiger charge is 2.22. The van der Waals surface area contributed by atoms with Gasteiger partial charge < -0.3 is 19.8 Å². The number of hydrogen-bond acceptors (Lipinski definition) is 4. The first-order valence-corrected chi connectivity index (χ1v) is 11.2. The number of nitrogens with zero attached hydrogens (tertiary/aromatic N) is 3. The second-order valence-electron chi connectivity index (χ2n) is 8.67. The number of nitrogens with one attached hydrogen (secondary N) is 2. The summed E-state index contributed by atoms with van der Waals surface area (Å²) < 4.78 is 3.84. The van der Waals surface area contributed by atoms with Crippen molar-refractivity contribution in [3.63, 3.8) is 0 Å². The van der Waals surface area contributed by atoms with E-state index < -0.39 is 17.2 Å². The summed E-state index contributed by atoms with van der Waals surface area (Å²) in [7, 11) is 0. The van der Waals surface area contributed by atoms with Crippen LogP contribution in [0.2, 0.25) is 0 Å². The Labute approximate surface area is 183 Å². The smallest absolute Gasteiger partial charge is 0.256 e. The van der Waals surface area contributed by atoms with Gasteiger partial charge in [-0.15, -0.1) is 0 Å². The number of carbonyl (C=O) groups excluding carboxylic acids is 2. The predicted molar refractivity (Wildman–Crippen MR) is 119 cm³/mol. The van der Waals surface area contributed by atoms with Crippen LogP contribution >= 0.6 is 0 Å². The maximum atomic E-state index is 13.0. The Balaban J connectivity index is 1.77. The minimum atomic E-state index is -0.513. The molecule has 2 amide bonds. The Hall–Kier alpha value is -2.90. The van der Waals surface area contributed by atoms with E-state index in [1.54, 1.807) is 24.9 Å². The summed E-state index contributed by atoms with van der Waals surface area (Å²) in [6.07, 6.45) is 14.7. The number of hydrogen-bond donors (Lipinski definition) is 2. The quantitative estimate of drug-likeness (QED) is 0.601. The SMILES string of the molecule is CC(C)CNC(=O)c1cn(C2CCCCC2)cc(C(=O)NCCCn2ccnc2)c1=O. The van der Waals surface area contributed by atoms with Crippen molar-refractivity contribution in [3.8, 4) is 0 Å². The molecular formula is C23H33N5O3. The molecule has 0 aliphatic heterocycles. The van der Waals surface area contributed by atoms with E-state index in [2.05, 4.69) is 15.6 Å². The number of amides is 2. The van der Waals surface area contributed by atoms with Crippen molar-refractivity contribution in [2.24, 2.45) is 5.92 Å². The largest absolute Gasteiger partial charge is 0.352 e. The molecule has 0 saturated heterocycles. The second kappa shape index (κ2) is 10.9. The van der Waals surface area contributed by atoms with Gasteiger partial charge in [0.25, 0.3) is 11.8 Å². The van der Waals surface area contributed by atoms with Crippen molar-refractivity contribution in [3.05, 3.63) is 52.5 Å². The monoisotopic (exact) mass is 427 g/mol. The average Bonchev–Trinajstić information content (AvgIpc) is 3.29. The molecule has 168 valence electrons. The van der Waals surface area contributed by atoms with E-state index in [9.17, 15) is 14.4 Å². The molecule has 1 aliphatic carbocycles. The lowest BCUT2D eigenvalue weighted by atomic mass is 9.95. The molecule has 0 aromatic carbocycles. The van der Waals surface area contributed by atoms with Gasteiger partial charge in [0.1, 0.15) is 11.1 Å². The Bertz CT molecular complexity index is 927. The molecule has 0 unspecified atom stereocenters. The number of pyridine rings is 1. The number of aryl methyl sites for hydroxylation is 1. The summed E-state index contributed by atoms with van der Waals surface area (Å²) in [5.74, 6) is -0.580. The summed E-state index contributed by atoms with van der Waals surface area (Å²) in [6.45, 7) is 5.63. The standard InChI is InChI=1S/C23H33N5O3/c1-17(2)13-26-23(31)20-15-28(18-7-4-3-5-8-18)14-19(21(20)29)22(30)25-9-6-11-27-12-10-24-16-27/h10,12,14-18H,3-9,11,13H2,1-2H3,(H,25,30)(H,26,31). The molecule has 2 aromatic rings. The lowest BCUT2D eigenvalue weighted by Gasteiger charge is -2.25. The van der Waals surface area contributed by atoms with E-state index in [0.717, 1.165) is 32.2 Å². The van der Waals surface area contributed by atoms with Crippen LogP contribution in [0.1, 0.15) is 79.1 Å². The zero-order valence-corrected chi connectivity index (χ0v) is 18.5. The summed E-state index contributed by atoms with van der Waals surface area (Å²) in [5, 5.41) is 5.64. The van der Waals surface area contributed by atoms with Crippen LogP contribution < -0.4 is 16.1 Å². The number of imidazole rings is 1. The minimum Gasteiger partial charge on any atom is -0.352 e. The molecule has 1 fully saturated rings. The fraction of sp³-hybridized carbons (Fsp3) is 0.565. The van der Waals surface area contributed by atoms with Crippen molar-refractivity contribution in [2.45, 2.75) is 65.0 Å². The van der Waals surface area contributed by atoms with E-state index in [1.165, 1.54) is 6.42 Å². The molecule has 2 heterocycles. The molecule has 3 rings (SSSR count). The Morgan fingerprint density at radius 2 is 1.77 bits per heavy atom. The van der Waals surface area contributed by atoms with E-state index in [1.807, 2.05) is 29.2 Å². The van der Waals surface area contributed by atoms with E-state index in [0.29, 0.717) is 19.5 Å². The first-order valence-electron chi connectivity index (χ1n) is 11.2. The van der Waals surface area contributed by atoms with Gasteiger partial charge in [-0.1, -0.05) is 33.1 Å². The van der Waals surface area contributed by atoms with E-state index in [-0.39, 0.29) is 23.1 Å². The molecule has 1 saturated carbocycles. The van der Waals surface area contributed by atoms with E-state index >= 15 is 0 Å². The van der Waals surface area contributed by atoms with Crippen molar-refractivity contribution >= 4 is 11.8 Å². The van der Waals surface area contributed by atoms with Crippen molar-refractivity contribution in [2.75, 3.05) is 13.1 Å². The van der Waals surface area contributed by atoms with E-state index in [4.69, 9.17) is 0 Å². The van der Waals surface area contributed by atoms with Crippen LogP contribution in [0.4, 0.5) is 0 Å². The molecule has 0 atom stereocenters. The molecule has 0 bridgehead atoms. The third kappa shape index (κ3) is 6.29. The molecule has 8 nitrogen and oxygen atoms in total. The molecule has 0 radical (unpaired) electrons. The van der Waals surface area contributed by atoms with Crippen molar-refractivity contribution in [1.29, 1.82) is 0 Å². The van der Waals surface area contributed by atoms with Crippen LogP contribution in [0.5, 0.6) is 0 Å². The molecule has 1 aliphatic rings. The molecule has 8 heteroatoms. The van der Waals surface area contributed by atoms with Crippen LogP contribution in [0, 0.1) is 5.92 Å². The van der Waals surface area contributed by atoms with Gasteiger partial charge in [0, 0.05) is 50.5 Å². The van der Waals surface area contributed by atoms with Gasteiger partial charge in [0.2, 0.25) is 5.43 Å². The highest BCUT2D eigenvalue weighted by Crippen LogP contribution is 2.28. The molecular weight excluding hydrogens is 394 g/mol. The Morgan fingerprint density at radius 1 is 1.10 bits per heavy atom. The first-order chi connectivity index (χ1) is 15.0. The third-order valence-electron chi connectivity index (χ3n) is 5.64. The maximum Gasteiger partial charge on any atom is 0.256 e. The van der Waals surface area contributed by atoms with Crippen LogP contribution in [0.3, 0.4) is 0 Å². The Kier molecular flexibility index (Phi) is 8.03. The van der Waals surface area contributed by atoms with Gasteiger partial charge in [-0.25, -0.2) is 4.98 Å². The highest BCUT2D eigenvalue weighted by molar-refractivity contribution is 5.99. The fourth-order valence-corrected chi connectivity index (χ4v) is 3.88. The Morgan fingerprint density at radius 3 is 2.39 bits per heavy atom. The van der Waals surface area contributed by atoms with Gasteiger partial charge in [0.05, 0.1) is 6.33 Å². The zero-order valence-electron chi connectivity index (χ0n) is 18.5. The molecule has 0 spiro atoms. The minimum absolute atomic E-state index is 0.0328. The number of aromatic nitrogens is 3. The van der Waals surface area contributed by atoms with Crippen LogP contribution in [-0.2, 0) is 6.54 Å². The molecule has 2 aromatic heterocycles. The topological polar surface area (TPSA) is 98.0 Å². The predicted octanol–water partition coefficient (Wildman–Crippen LogP) is 2.76. The van der Waals surface area contributed by atoms with Crippen molar-refractivity contribution < 1.29 is 9.59 Å². The summed E-state index contributed by atoms with van der Waals surface area (Å²) in [6, 6.07) is 0.207. The van der Waals surface area contributed by atoms with Crippen LogP contribution in [-0.4, -0.2) is 39.0 Å². The van der Waals surface area contributed by atoms with Gasteiger partial charge in [-0.05, 0) is 25.2 Å². The van der Waals surface area contributed by atoms with Gasteiger partial charge in [-0.3, -0.25) is 14.4 Å². The lowest BCUT2D eigenvalue weighted by Crippen LogP contribution is -2.37. The summed E-state index contributed by atoms with van der Waals surface area (Å²) in [5.41, 5.74) is -0.442. The van der Waals surface area contributed by atoms with Crippen LogP contribution in [0.15, 0.2) is 35.9 Å². The second-order valence-corrected chi connectivity index (χ2v) is 8.67. The van der Waals surface area contributed by atoms with Gasteiger partial charge in [0.15, 0.2) is 0 Å². The summed E-state index contributed by atoms with van der Waals surface area (Å²) >= 11 is 0. The molecule has 2 N–H and O–H groups in total. The fourth-order valence-electron chi connectivity index (χ4n) is 3.88. The average molecular weight is 428 g/mol. The maximum absolute atomic E-state index is 13.0.